The maximum atomic E-state index is 12.4. The Kier molecular flexibility index (Phi) is 5.66. The molecule has 5 heteroatoms. The lowest BCUT2D eigenvalue weighted by molar-refractivity contribution is -0.189. The van der Waals surface area contributed by atoms with Crippen molar-refractivity contribution in [3.05, 3.63) is 29.8 Å². The minimum absolute atomic E-state index is 0.221. The highest BCUT2D eigenvalue weighted by atomic mass is 19.4. The van der Waals surface area contributed by atoms with Crippen molar-refractivity contribution in [2.45, 2.75) is 45.5 Å². The van der Waals surface area contributed by atoms with Crippen molar-refractivity contribution in [1.82, 2.24) is 5.32 Å². The normalized spacial score (nSPS) is 15.1. The summed E-state index contributed by atoms with van der Waals surface area (Å²) in [7, 11) is 0. The van der Waals surface area contributed by atoms with Crippen molar-refractivity contribution in [3.63, 3.8) is 0 Å². The van der Waals surface area contributed by atoms with E-state index in [-0.39, 0.29) is 11.8 Å². The van der Waals surface area contributed by atoms with E-state index in [1.165, 1.54) is 0 Å². The van der Waals surface area contributed by atoms with Gasteiger partial charge in [0, 0.05) is 6.04 Å². The number of benzene rings is 1. The number of rotatable bonds is 6. The molecule has 0 amide bonds. The van der Waals surface area contributed by atoms with Crippen LogP contribution in [0.5, 0.6) is 5.75 Å². The number of ether oxygens (including phenoxy) is 1. The van der Waals surface area contributed by atoms with Crippen molar-refractivity contribution >= 4 is 0 Å². The van der Waals surface area contributed by atoms with Gasteiger partial charge in [0.2, 0.25) is 0 Å². The molecule has 0 fully saturated rings. The zero-order valence-electron chi connectivity index (χ0n) is 11.4. The molecule has 0 heterocycles. The van der Waals surface area contributed by atoms with Crippen LogP contribution in [0.1, 0.15) is 38.8 Å². The topological polar surface area (TPSA) is 21.3 Å². The molecule has 2 nitrogen and oxygen atoms in total. The maximum Gasteiger partial charge on any atom is 0.425 e. The molecule has 1 N–H and O–H groups in total. The lowest BCUT2D eigenvalue weighted by Gasteiger charge is -2.19. The van der Waals surface area contributed by atoms with Crippen molar-refractivity contribution in [1.29, 1.82) is 0 Å². The highest BCUT2D eigenvalue weighted by Gasteiger charge is 2.37. The van der Waals surface area contributed by atoms with Crippen LogP contribution >= 0.6 is 0 Å². The number of nitrogens with one attached hydrogen (secondary N) is 1. The molecule has 0 aliphatic carbocycles. The minimum atomic E-state index is -4.34. The fraction of sp³-hybridized carbons (Fsp3) is 0.571. The molecule has 19 heavy (non-hydrogen) atoms. The Bertz CT molecular complexity index is 375. The Morgan fingerprint density at radius 1 is 1.16 bits per heavy atom. The molecular weight excluding hydrogens is 255 g/mol. The zero-order chi connectivity index (χ0) is 14.5. The largest absolute Gasteiger partial charge is 0.481 e. The molecule has 0 spiro atoms. The quantitative estimate of drug-likeness (QED) is 0.844. The average Bonchev–Trinajstić information content (AvgIpc) is 2.36. The van der Waals surface area contributed by atoms with Gasteiger partial charge < -0.3 is 10.1 Å². The molecule has 1 aromatic rings. The first-order valence-electron chi connectivity index (χ1n) is 6.45. The fourth-order valence-corrected chi connectivity index (χ4v) is 1.79. The molecule has 1 rings (SSSR count). The molecule has 0 aromatic heterocycles. The second kappa shape index (κ2) is 6.80. The summed E-state index contributed by atoms with van der Waals surface area (Å²) in [5, 5.41) is 3.31. The first kappa shape index (κ1) is 15.8. The zero-order valence-corrected chi connectivity index (χ0v) is 11.4. The van der Waals surface area contributed by atoms with Gasteiger partial charge in [0.25, 0.3) is 0 Å². The monoisotopic (exact) mass is 275 g/mol. The van der Waals surface area contributed by atoms with Gasteiger partial charge >= 0.3 is 6.18 Å². The van der Waals surface area contributed by atoms with Crippen molar-refractivity contribution < 1.29 is 17.9 Å². The molecule has 2 atom stereocenters. The Labute approximate surface area is 112 Å². The molecule has 0 aliphatic heterocycles. The summed E-state index contributed by atoms with van der Waals surface area (Å²) in [6, 6.07) is 6.98. The Morgan fingerprint density at radius 3 is 2.16 bits per heavy atom. The van der Waals surface area contributed by atoms with Crippen LogP contribution in [-0.2, 0) is 0 Å². The average molecular weight is 275 g/mol. The lowest BCUT2D eigenvalue weighted by Crippen LogP contribution is -2.31. The van der Waals surface area contributed by atoms with Gasteiger partial charge in [-0.2, -0.15) is 13.2 Å². The Balaban J connectivity index is 2.71. The molecule has 108 valence electrons. The molecule has 0 bridgehead atoms. The Morgan fingerprint density at radius 2 is 1.74 bits per heavy atom. The fourth-order valence-electron chi connectivity index (χ4n) is 1.79. The molecule has 0 saturated heterocycles. The summed E-state index contributed by atoms with van der Waals surface area (Å²) in [4.78, 5) is 0. The first-order valence-corrected chi connectivity index (χ1v) is 6.45. The highest BCUT2D eigenvalue weighted by molar-refractivity contribution is 5.29. The van der Waals surface area contributed by atoms with Gasteiger partial charge in [-0.05, 0) is 37.6 Å². The second-order valence-electron chi connectivity index (χ2n) is 4.39. The lowest BCUT2D eigenvalue weighted by atomic mass is 10.0. The van der Waals surface area contributed by atoms with E-state index in [9.17, 15) is 13.2 Å². The SMILES string of the molecule is CCNC(CC)c1ccc(OC(C)C(F)(F)F)cc1. The summed E-state index contributed by atoms with van der Waals surface area (Å²) in [6.07, 6.45) is -5.21. The van der Waals surface area contributed by atoms with E-state index in [0.717, 1.165) is 25.5 Å². The van der Waals surface area contributed by atoms with E-state index < -0.39 is 12.3 Å². The van der Waals surface area contributed by atoms with Crippen LogP contribution in [-0.4, -0.2) is 18.8 Å². The summed E-state index contributed by atoms with van der Waals surface area (Å²) in [6.45, 7) is 5.93. The second-order valence-corrected chi connectivity index (χ2v) is 4.39. The van der Waals surface area contributed by atoms with E-state index in [1.807, 2.05) is 6.92 Å². The van der Waals surface area contributed by atoms with E-state index in [2.05, 4.69) is 12.2 Å². The predicted octanol–water partition coefficient (Wildman–Crippen LogP) is 4.08. The standard InChI is InChI=1S/C14H20F3NO/c1-4-13(18-5-2)11-6-8-12(9-7-11)19-10(3)14(15,16)17/h6-10,13,18H,4-5H2,1-3H3. The summed E-state index contributed by atoms with van der Waals surface area (Å²) >= 11 is 0. The molecule has 2 unspecified atom stereocenters. The van der Waals surface area contributed by atoms with Gasteiger partial charge in [-0.1, -0.05) is 26.0 Å². The molecular formula is C14H20F3NO. The first-order chi connectivity index (χ1) is 8.88. The van der Waals surface area contributed by atoms with Crippen LogP contribution < -0.4 is 10.1 Å². The van der Waals surface area contributed by atoms with Gasteiger partial charge in [0.1, 0.15) is 5.75 Å². The van der Waals surface area contributed by atoms with Crippen LogP contribution in [0.4, 0.5) is 13.2 Å². The van der Waals surface area contributed by atoms with Crippen LogP contribution in [0.25, 0.3) is 0 Å². The van der Waals surface area contributed by atoms with E-state index >= 15 is 0 Å². The van der Waals surface area contributed by atoms with E-state index in [4.69, 9.17) is 4.74 Å². The van der Waals surface area contributed by atoms with E-state index in [1.54, 1.807) is 24.3 Å². The van der Waals surface area contributed by atoms with Gasteiger partial charge in [0.15, 0.2) is 6.10 Å². The molecule has 0 radical (unpaired) electrons. The number of halogens is 3. The van der Waals surface area contributed by atoms with Crippen molar-refractivity contribution in [2.24, 2.45) is 0 Å². The van der Waals surface area contributed by atoms with Gasteiger partial charge in [0.05, 0.1) is 0 Å². The number of alkyl halides is 3. The smallest absolute Gasteiger partial charge is 0.425 e. The van der Waals surface area contributed by atoms with Crippen LogP contribution in [0, 0.1) is 0 Å². The van der Waals surface area contributed by atoms with Gasteiger partial charge in [-0.3, -0.25) is 0 Å². The van der Waals surface area contributed by atoms with E-state index in [0.29, 0.717) is 0 Å². The molecule has 0 aliphatic rings. The third-order valence-corrected chi connectivity index (χ3v) is 2.92. The number of hydrogen-bond donors (Lipinski definition) is 1. The number of hydrogen-bond acceptors (Lipinski definition) is 2. The third-order valence-electron chi connectivity index (χ3n) is 2.92. The maximum absolute atomic E-state index is 12.4. The van der Waals surface area contributed by atoms with Crippen LogP contribution in [0.15, 0.2) is 24.3 Å². The van der Waals surface area contributed by atoms with Crippen LogP contribution in [0.2, 0.25) is 0 Å². The summed E-state index contributed by atoms with van der Waals surface area (Å²) in [5.41, 5.74) is 1.05. The highest BCUT2D eigenvalue weighted by Crippen LogP contribution is 2.26. The molecule has 1 aromatic carbocycles. The minimum Gasteiger partial charge on any atom is -0.481 e. The summed E-state index contributed by atoms with van der Waals surface area (Å²) in [5.74, 6) is 0.236. The van der Waals surface area contributed by atoms with Crippen molar-refractivity contribution in [3.8, 4) is 5.75 Å². The van der Waals surface area contributed by atoms with Gasteiger partial charge in [-0.15, -0.1) is 0 Å². The van der Waals surface area contributed by atoms with Crippen molar-refractivity contribution in [2.75, 3.05) is 6.54 Å². The molecule has 0 saturated carbocycles. The Hall–Kier alpha value is -1.23. The third kappa shape index (κ3) is 4.74. The summed E-state index contributed by atoms with van der Waals surface area (Å²) < 4.78 is 41.9. The predicted molar refractivity (Wildman–Crippen MR) is 69.3 cm³/mol. The van der Waals surface area contributed by atoms with Gasteiger partial charge in [-0.25, -0.2) is 0 Å². The van der Waals surface area contributed by atoms with Crippen LogP contribution in [0.3, 0.4) is 0 Å².